The second-order valence-electron chi connectivity index (χ2n) is 5.71. The minimum absolute atomic E-state index is 0.00825. The third kappa shape index (κ3) is 2.94. The Hall–Kier alpha value is -2.81. The van der Waals surface area contributed by atoms with Gasteiger partial charge < -0.3 is 9.73 Å². The fourth-order valence-electron chi connectivity index (χ4n) is 2.58. The van der Waals surface area contributed by atoms with E-state index in [-0.39, 0.29) is 17.5 Å². The molecular weight excluding hydrogens is 371 g/mol. The highest BCUT2D eigenvalue weighted by atomic mass is 35.5. The van der Waals surface area contributed by atoms with Gasteiger partial charge in [-0.1, -0.05) is 11.6 Å². The van der Waals surface area contributed by atoms with Crippen molar-refractivity contribution in [2.24, 2.45) is 0 Å². The standard InChI is InChI=1S/C16H11ClF3N5O/c1-8(12-7-9-6-10(17)2-3-11(9)26-12)21-13-4-5-14-22-23-15(16(18,19)20)25(14)24-13/h2-8H,1H3,(H,21,24). The number of alkyl halides is 3. The van der Waals surface area contributed by atoms with Crippen LogP contribution in [-0.2, 0) is 6.18 Å². The summed E-state index contributed by atoms with van der Waals surface area (Å²) in [6.07, 6.45) is -4.64. The van der Waals surface area contributed by atoms with Gasteiger partial charge in [-0.05, 0) is 43.3 Å². The van der Waals surface area contributed by atoms with E-state index in [4.69, 9.17) is 16.0 Å². The van der Waals surface area contributed by atoms with Gasteiger partial charge in [0.25, 0.3) is 5.82 Å². The highest BCUT2D eigenvalue weighted by molar-refractivity contribution is 6.31. The summed E-state index contributed by atoms with van der Waals surface area (Å²) in [5, 5.41) is 15.0. The first-order valence-electron chi connectivity index (χ1n) is 7.56. The molecule has 134 valence electrons. The lowest BCUT2D eigenvalue weighted by atomic mass is 10.2. The molecule has 1 atom stereocenters. The average Bonchev–Trinajstić information content (AvgIpc) is 3.17. The number of hydrogen-bond donors (Lipinski definition) is 1. The SMILES string of the molecule is CC(Nc1ccc2nnc(C(F)(F)F)n2n1)c1cc2cc(Cl)ccc2o1. The van der Waals surface area contributed by atoms with Crippen molar-refractivity contribution < 1.29 is 17.6 Å². The van der Waals surface area contributed by atoms with E-state index in [0.717, 1.165) is 5.39 Å². The molecule has 6 nitrogen and oxygen atoms in total. The number of hydrogen-bond acceptors (Lipinski definition) is 5. The number of furan rings is 1. The van der Waals surface area contributed by atoms with E-state index in [1.54, 1.807) is 18.2 Å². The number of fused-ring (bicyclic) bond motifs is 2. The average molecular weight is 382 g/mol. The van der Waals surface area contributed by atoms with Crippen molar-refractivity contribution >= 4 is 34.0 Å². The topological polar surface area (TPSA) is 68.2 Å². The summed E-state index contributed by atoms with van der Waals surface area (Å²) in [4.78, 5) is 0. The van der Waals surface area contributed by atoms with Crippen LogP contribution in [-0.4, -0.2) is 19.8 Å². The molecule has 0 saturated heterocycles. The molecule has 1 aromatic carbocycles. The van der Waals surface area contributed by atoms with Crippen molar-refractivity contribution in [2.75, 3.05) is 5.32 Å². The summed E-state index contributed by atoms with van der Waals surface area (Å²) in [6.45, 7) is 1.81. The molecule has 1 N–H and O–H groups in total. The Morgan fingerprint density at radius 2 is 1.96 bits per heavy atom. The second kappa shape index (κ2) is 5.87. The third-order valence-electron chi connectivity index (χ3n) is 3.80. The maximum absolute atomic E-state index is 13.0. The van der Waals surface area contributed by atoms with Gasteiger partial charge in [-0.25, -0.2) is 0 Å². The fourth-order valence-corrected chi connectivity index (χ4v) is 2.76. The van der Waals surface area contributed by atoms with Crippen LogP contribution in [0.4, 0.5) is 19.0 Å². The van der Waals surface area contributed by atoms with E-state index >= 15 is 0 Å². The molecule has 3 heterocycles. The van der Waals surface area contributed by atoms with Crippen molar-refractivity contribution in [2.45, 2.75) is 19.1 Å². The van der Waals surface area contributed by atoms with Crippen molar-refractivity contribution in [3.05, 3.63) is 53.0 Å². The zero-order chi connectivity index (χ0) is 18.5. The quantitative estimate of drug-likeness (QED) is 0.556. The normalized spacial score (nSPS) is 13.4. The summed E-state index contributed by atoms with van der Waals surface area (Å²) in [5.74, 6) is -0.347. The number of nitrogens with one attached hydrogen (secondary N) is 1. The fraction of sp³-hybridized carbons (Fsp3) is 0.188. The third-order valence-corrected chi connectivity index (χ3v) is 4.04. The molecule has 0 aliphatic heterocycles. The predicted octanol–water partition coefficient (Wildman–Crippen LogP) is 4.72. The predicted molar refractivity (Wildman–Crippen MR) is 89.0 cm³/mol. The number of aromatic nitrogens is 4. The van der Waals surface area contributed by atoms with Crippen LogP contribution >= 0.6 is 11.6 Å². The largest absolute Gasteiger partial charge is 0.459 e. The molecule has 0 radical (unpaired) electrons. The Morgan fingerprint density at radius 1 is 1.15 bits per heavy atom. The van der Waals surface area contributed by atoms with Gasteiger partial charge in [0.1, 0.15) is 17.2 Å². The van der Waals surface area contributed by atoms with Gasteiger partial charge in [0.05, 0.1) is 6.04 Å². The summed E-state index contributed by atoms with van der Waals surface area (Å²) >= 11 is 5.96. The van der Waals surface area contributed by atoms with E-state index in [2.05, 4.69) is 20.6 Å². The number of anilines is 1. The molecule has 0 aliphatic rings. The van der Waals surface area contributed by atoms with Crippen LogP contribution in [0.3, 0.4) is 0 Å². The van der Waals surface area contributed by atoms with Gasteiger partial charge >= 0.3 is 6.18 Å². The van der Waals surface area contributed by atoms with E-state index < -0.39 is 12.0 Å². The van der Waals surface area contributed by atoms with Gasteiger partial charge in [0.2, 0.25) is 0 Å². The van der Waals surface area contributed by atoms with E-state index in [0.29, 0.717) is 20.9 Å². The first-order valence-corrected chi connectivity index (χ1v) is 7.94. The van der Waals surface area contributed by atoms with Crippen LogP contribution in [0.1, 0.15) is 24.6 Å². The van der Waals surface area contributed by atoms with Crippen LogP contribution in [0, 0.1) is 0 Å². The second-order valence-corrected chi connectivity index (χ2v) is 6.14. The molecule has 0 amide bonds. The number of nitrogens with zero attached hydrogens (tertiary/aromatic N) is 4. The molecule has 4 aromatic rings. The zero-order valence-electron chi connectivity index (χ0n) is 13.3. The maximum Gasteiger partial charge on any atom is 0.453 e. The lowest BCUT2D eigenvalue weighted by Gasteiger charge is -2.12. The molecule has 4 rings (SSSR count). The van der Waals surface area contributed by atoms with E-state index in [9.17, 15) is 13.2 Å². The minimum atomic E-state index is -4.64. The first-order chi connectivity index (χ1) is 12.3. The van der Waals surface area contributed by atoms with Crippen LogP contribution in [0.5, 0.6) is 0 Å². The van der Waals surface area contributed by atoms with Crippen LogP contribution in [0.2, 0.25) is 5.02 Å². The van der Waals surface area contributed by atoms with Gasteiger partial charge in [0.15, 0.2) is 5.65 Å². The monoisotopic (exact) mass is 381 g/mol. The van der Waals surface area contributed by atoms with Gasteiger partial charge in [-0.2, -0.15) is 17.7 Å². The Morgan fingerprint density at radius 3 is 2.73 bits per heavy atom. The lowest BCUT2D eigenvalue weighted by Crippen LogP contribution is -2.14. The Bertz CT molecular complexity index is 1100. The molecular formula is C16H11ClF3N5O. The first kappa shape index (κ1) is 16.6. The van der Waals surface area contributed by atoms with Crippen molar-refractivity contribution in [1.82, 2.24) is 19.8 Å². The summed E-state index contributed by atoms with van der Waals surface area (Å²) < 4.78 is 45.3. The van der Waals surface area contributed by atoms with Crippen LogP contribution in [0.15, 0.2) is 40.8 Å². The molecule has 0 fully saturated rings. The highest BCUT2D eigenvalue weighted by Gasteiger charge is 2.37. The lowest BCUT2D eigenvalue weighted by molar-refractivity contribution is -0.146. The molecule has 0 bridgehead atoms. The zero-order valence-corrected chi connectivity index (χ0v) is 14.0. The van der Waals surface area contributed by atoms with Crippen LogP contribution in [0.25, 0.3) is 16.6 Å². The molecule has 1 unspecified atom stereocenters. The Kier molecular flexibility index (Phi) is 3.76. The van der Waals surface area contributed by atoms with E-state index in [1.165, 1.54) is 12.1 Å². The highest BCUT2D eigenvalue weighted by Crippen LogP contribution is 2.29. The Balaban J connectivity index is 1.65. The molecule has 26 heavy (non-hydrogen) atoms. The number of rotatable bonds is 3. The Labute approximate surface area is 149 Å². The minimum Gasteiger partial charge on any atom is -0.459 e. The molecule has 10 heteroatoms. The maximum atomic E-state index is 13.0. The van der Waals surface area contributed by atoms with Crippen molar-refractivity contribution in [3.63, 3.8) is 0 Å². The summed E-state index contributed by atoms with van der Waals surface area (Å²) in [5.41, 5.74) is 0.675. The van der Waals surface area contributed by atoms with Gasteiger partial charge in [0, 0.05) is 10.4 Å². The van der Waals surface area contributed by atoms with E-state index in [1.807, 2.05) is 13.0 Å². The molecule has 3 aromatic heterocycles. The molecule has 0 spiro atoms. The summed E-state index contributed by atoms with van der Waals surface area (Å²) in [6, 6.07) is 9.66. The smallest absolute Gasteiger partial charge is 0.453 e. The van der Waals surface area contributed by atoms with Gasteiger partial charge in [-0.3, -0.25) is 0 Å². The van der Waals surface area contributed by atoms with Gasteiger partial charge in [-0.15, -0.1) is 15.3 Å². The van der Waals surface area contributed by atoms with Crippen molar-refractivity contribution in [1.29, 1.82) is 0 Å². The summed E-state index contributed by atoms with van der Waals surface area (Å²) in [7, 11) is 0. The number of halogens is 4. The molecule has 0 saturated carbocycles. The molecule has 0 aliphatic carbocycles. The van der Waals surface area contributed by atoms with Crippen LogP contribution < -0.4 is 5.32 Å². The number of benzene rings is 1. The van der Waals surface area contributed by atoms with Crippen molar-refractivity contribution in [3.8, 4) is 0 Å².